The molecule has 3 rings (SSSR count). The third kappa shape index (κ3) is 4.67. The van der Waals surface area contributed by atoms with Crippen LogP contribution in [0.1, 0.15) is 17.3 Å². The van der Waals surface area contributed by atoms with Crippen molar-refractivity contribution in [3.8, 4) is 11.6 Å². The van der Waals surface area contributed by atoms with Gasteiger partial charge in [0.15, 0.2) is 0 Å². The molecular formula is C18H19BrN2O3S. The van der Waals surface area contributed by atoms with Crippen molar-refractivity contribution in [2.24, 2.45) is 5.92 Å². The standard InChI is InChI=1S/C18H19BrN2O3S/c1-13-11-21(8-9-25(23)12-13)18(22)16-6-3-7-20-17(16)24-15-5-2-4-14(19)10-15/h2-7,10,13H,8-9,11-12H2,1H3/t13-,25-/m1/s1. The molecule has 1 aromatic heterocycles. The lowest BCUT2D eigenvalue weighted by Gasteiger charge is -2.23. The molecule has 1 fully saturated rings. The largest absolute Gasteiger partial charge is 0.438 e. The average molecular weight is 423 g/mol. The minimum absolute atomic E-state index is 0.135. The number of halogens is 1. The van der Waals surface area contributed by atoms with E-state index >= 15 is 0 Å². The Morgan fingerprint density at radius 3 is 3.00 bits per heavy atom. The second kappa shape index (κ2) is 8.10. The first kappa shape index (κ1) is 18.1. The summed E-state index contributed by atoms with van der Waals surface area (Å²) in [5, 5.41) is 0. The molecule has 0 bridgehead atoms. The predicted octanol–water partition coefficient (Wildman–Crippen LogP) is 3.48. The molecule has 1 saturated heterocycles. The molecule has 0 aliphatic carbocycles. The maximum Gasteiger partial charge on any atom is 0.259 e. The van der Waals surface area contributed by atoms with Gasteiger partial charge in [-0.2, -0.15) is 0 Å². The Morgan fingerprint density at radius 1 is 1.36 bits per heavy atom. The van der Waals surface area contributed by atoms with Crippen molar-refractivity contribution in [1.29, 1.82) is 0 Å². The number of hydrogen-bond donors (Lipinski definition) is 0. The number of rotatable bonds is 3. The van der Waals surface area contributed by atoms with Gasteiger partial charge in [-0.25, -0.2) is 4.98 Å². The van der Waals surface area contributed by atoms with Crippen LogP contribution in [0.25, 0.3) is 0 Å². The number of ether oxygens (including phenoxy) is 1. The van der Waals surface area contributed by atoms with E-state index < -0.39 is 10.8 Å². The number of benzene rings is 1. The molecule has 1 aliphatic heterocycles. The number of amides is 1. The van der Waals surface area contributed by atoms with Crippen LogP contribution in [0.4, 0.5) is 0 Å². The van der Waals surface area contributed by atoms with E-state index in [9.17, 15) is 9.00 Å². The normalized spacial score (nSPS) is 20.8. The first-order valence-corrected chi connectivity index (χ1v) is 10.3. The van der Waals surface area contributed by atoms with Gasteiger partial charge in [-0.3, -0.25) is 9.00 Å². The molecule has 2 aromatic rings. The number of nitrogens with zero attached hydrogens (tertiary/aromatic N) is 2. The third-order valence-electron chi connectivity index (χ3n) is 3.89. The van der Waals surface area contributed by atoms with Gasteiger partial charge in [0.1, 0.15) is 11.3 Å². The van der Waals surface area contributed by atoms with E-state index in [-0.39, 0.29) is 17.7 Å². The van der Waals surface area contributed by atoms with E-state index in [1.54, 1.807) is 23.2 Å². The SMILES string of the molecule is C[C@@H]1CN(C(=O)c2cccnc2Oc2cccc(Br)c2)CC[S@@](=O)C1. The van der Waals surface area contributed by atoms with Crippen molar-refractivity contribution >= 4 is 32.6 Å². The van der Waals surface area contributed by atoms with E-state index in [4.69, 9.17) is 4.74 Å². The van der Waals surface area contributed by atoms with Gasteiger partial charge in [-0.1, -0.05) is 28.9 Å². The molecule has 2 atom stereocenters. The Bertz CT molecular complexity index is 799. The summed E-state index contributed by atoms with van der Waals surface area (Å²) >= 11 is 3.40. The molecule has 7 heteroatoms. The maximum absolute atomic E-state index is 13.0. The quantitative estimate of drug-likeness (QED) is 0.759. The summed E-state index contributed by atoms with van der Waals surface area (Å²) in [6, 6.07) is 10.8. The Hall–Kier alpha value is -1.73. The van der Waals surface area contributed by atoms with Crippen molar-refractivity contribution in [2.75, 3.05) is 24.6 Å². The summed E-state index contributed by atoms with van der Waals surface area (Å²) in [5.74, 6) is 2.11. The van der Waals surface area contributed by atoms with E-state index in [0.717, 1.165) is 4.47 Å². The molecule has 0 radical (unpaired) electrons. The molecule has 5 nitrogen and oxygen atoms in total. The Morgan fingerprint density at radius 2 is 2.20 bits per heavy atom. The van der Waals surface area contributed by atoms with Gasteiger partial charge >= 0.3 is 0 Å². The first-order chi connectivity index (χ1) is 12.0. The maximum atomic E-state index is 13.0. The van der Waals surface area contributed by atoms with Gasteiger partial charge in [0.25, 0.3) is 5.91 Å². The Kier molecular flexibility index (Phi) is 5.86. The number of carbonyl (C=O) groups excluding carboxylic acids is 1. The van der Waals surface area contributed by atoms with Gasteiger partial charge < -0.3 is 9.64 Å². The van der Waals surface area contributed by atoms with Crippen LogP contribution < -0.4 is 4.74 Å². The zero-order chi connectivity index (χ0) is 17.8. The number of pyridine rings is 1. The zero-order valence-electron chi connectivity index (χ0n) is 13.9. The molecule has 132 valence electrons. The van der Waals surface area contributed by atoms with Crippen LogP contribution in [0, 0.1) is 5.92 Å². The average Bonchev–Trinajstić information content (AvgIpc) is 2.75. The third-order valence-corrected chi connectivity index (χ3v) is 5.96. The second-order valence-electron chi connectivity index (χ2n) is 6.08. The van der Waals surface area contributed by atoms with Crippen LogP contribution >= 0.6 is 15.9 Å². The van der Waals surface area contributed by atoms with Crippen LogP contribution in [-0.2, 0) is 10.8 Å². The van der Waals surface area contributed by atoms with Gasteiger partial charge in [0.2, 0.25) is 5.88 Å². The fourth-order valence-corrected chi connectivity index (χ4v) is 4.47. The summed E-state index contributed by atoms with van der Waals surface area (Å²) in [4.78, 5) is 19.0. The Labute approximate surface area is 158 Å². The van der Waals surface area contributed by atoms with Gasteiger partial charge in [-0.15, -0.1) is 0 Å². The Balaban J connectivity index is 1.84. The van der Waals surface area contributed by atoms with Crippen molar-refractivity contribution in [3.05, 3.63) is 52.6 Å². The monoisotopic (exact) mass is 422 g/mol. The lowest BCUT2D eigenvalue weighted by Crippen LogP contribution is -2.35. The first-order valence-electron chi connectivity index (χ1n) is 8.05. The van der Waals surface area contributed by atoms with E-state index in [1.165, 1.54) is 0 Å². The fourth-order valence-electron chi connectivity index (χ4n) is 2.76. The molecule has 25 heavy (non-hydrogen) atoms. The molecule has 0 unspecified atom stereocenters. The van der Waals surface area contributed by atoms with Crippen LogP contribution in [0.3, 0.4) is 0 Å². The fraction of sp³-hybridized carbons (Fsp3) is 0.333. The van der Waals surface area contributed by atoms with Crippen LogP contribution in [0.15, 0.2) is 47.1 Å². The van der Waals surface area contributed by atoms with Crippen LogP contribution in [0.2, 0.25) is 0 Å². The lowest BCUT2D eigenvalue weighted by atomic mass is 10.1. The lowest BCUT2D eigenvalue weighted by molar-refractivity contribution is 0.0748. The van der Waals surface area contributed by atoms with Crippen molar-refractivity contribution in [1.82, 2.24) is 9.88 Å². The molecule has 1 aliphatic rings. The minimum Gasteiger partial charge on any atom is -0.438 e. The van der Waals surface area contributed by atoms with Crippen molar-refractivity contribution in [2.45, 2.75) is 6.92 Å². The molecular weight excluding hydrogens is 404 g/mol. The summed E-state index contributed by atoms with van der Waals surface area (Å²) in [7, 11) is -0.867. The van der Waals surface area contributed by atoms with Gasteiger partial charge in [0.05, 0.1) is 0 Å². The van der Waals surface area contributed by atoms with Crippen molar-refractivity contribution < 1.29 is 13.7 Å². The summed E-state index contributed by atoms with van der Waals surface area (Å²) < 4.78 is 18.6. The highest BCUT2D eigenvalue weighted by atomic mass is 79.9. The topological polar surface area (TPSA) is 59.5 Å². The van der Waals surface area contributed by atoms with Gasteiger partial charge in [0, 0.05) is 46.1 Å². The number of hydrogen-bond acceptors (Lipinski definition) is 4. The highest BCUT2D eigenvalue weighted by Crippen LogP contribution is 2.26. The molecule has 1 amide bonds. The summed E-state index contributed by atoms with van der Waals surface area (Å²) in [6.45, 7) is 3.10. The zero-order valence-corrected chi connectivity index (χ0v) is 16.3. The molecule has 0 spiro atoms. The molecule has 1 aromatic carbocycles. The molecule has 2 heterocycles. The van der Waals surface area contributed by atoms with E-state index in [0.29, 0.717) is 35.9 Å². The smallest absolute Gasteiger partial charge is 0.259 e. The minimum atomic E-state index is -0.867. The number of aromatic nitrogens is 1. The molecule has 0 N–H and O–H groups in total. The summed E-state index contributed by atoms with van der Waals surface area (Å²) in [6.07, 6.45) is 1.60. The molecule has 0 saturated carbocycles. The highest BCUT2D eigenvalue weighted by Gasteiger charge is 2.26. The summed E-state index contributed by atoms with van der Waals surface area (Å²) in [5.41, 5.74) is 0.419. The highest BCUT2D eigenvalue weighted by molar-refractivity contribution is 9.10. The van der Waals surface area contributed by atoms with Crippen LogP contribution in [-0.4, -0.2) is 44.6 Å². The predicted molar refractivity (Wildman–Crippen MR) is 101 cm³/mol. The van der Waals surface area contributed by atoms with E-state index in [1.807, 2.05) is 31.2 Å². The van der Waals surface area contributed by atoms with E-state index in [2.05, 4.69) is 20.9 Å². The second-order valence-corrected chi connectivity index (χ2v) is 8.62. The van der Waals surface area contributed by atoms with Crippen LogP contribution in [0.5, 0.6) is 11.6 Å². The number of carbonyl (C=O) groups is 1. The van der Waals surface area contributed by atoms with Gasteiger partial charge in [-0.05, 0) is 36.2 Å². The van der Waals surface area contributed by atoms with Crippen molar-refractivity contribution in [3.63, 3.8) is 0 Å².